The van der Waals surface area contributed by atoms with Crippen LogP contribution in [0.25, 0.3) is 0 Å². The van der Waals surface area contributed by atoms with Crippen molar-refractivity contribution in [3.05, 3.63) is 53.5 Å². The van der Waals surface area contributed by atoms with Gasteiger partial charge in [0.1, 0.15) is 18.1 Å². The van der Waals surface area contributed by atoms with Gasteiger partial charge in [-0.3, -0.25) is 19.5 Å². The first-order chi connectivity index (χ1) is 18.9. The summed E-state index contributed by atoms with van der Waals surface area (Å²) in [6.45, 7) is 10.3. The summed E-state index contributed by atoms with van der Waals surface area (Å²) in [5.74, 6) is 0.195. The minimum Gasteiger partial charge on any atom is -0.474 e. The Balaban J connectivity index is 1.36. The molecule has 3 aliphatic heterocycles. The van der Waals surface area contributed by atoms with E-state index in [1.54, 1.807) is 25.4 Å². The summed E-state index contributed by atoms with van der Waals surface area (Å²) in [4.78, 5) is 25.2. The molecule has 4 heterocycles. The molecular weight excluding hydrogens is 501 g/mol. The number of halogens is 1. The Morgan fingerprint density at radius 1 is 1.15 bits per heavy atom. The van der Waals surface area contributed by atoms with Gasteiger partial charge in [0, 0.05) is 57.6 Å². The predicted molar refractivity (Wildman–Crippen MR) is 147 cm³/mol. The number of fused-ring (bicyclic) bond motifs is 1. The SMILES string of the molecule is COCC1COc2ncc(Cc3ccc(F)cc3)cc2N1C(=O)CN1C[C@@H](C)NC[C@@H]1CN1CCOCC1C. The molecule has 39 heavy (non-hydrogen) atoms. The van der Waals surface area contributed by atoms with Gasteiger partial charge in [0.2, 0.25) is 11.8 Å². The van der Waals surface area contributed by atoms with Crippen molar-refractivity contribution >= 4 is 11.6 Å². The first kappa shape index (κ1) is 27.9. The van der Waals surface area contributed by atoms with Crippen LogP contribution in [0, 0.1) is 5.82 Å². The summed E-state index contributed by atoms with van der Waals surface area (Å²) in [5.41, 5.74) is 2.56. The monoisotopic (exact) mass is 541 g/mol. The van der Waals surface area contributed by atoms with Gasteiger partial charge in [-0.2, -0.15) is 0 Å². The van der Waals surface area contributed by atoms with Crippen molar-refractivity contribution in [3.8, 4) is 5.88 Å². The second kappa shape index (κ2) is 12.7. The van der Waals surface area contributed by atoms with Crippen molar-refractivity contribution in [2.75, 3.05) is 71.2 Å². The van der Waals surface area contributed by atoms with E-state index in [0.29, 0.717) is 49.8 Å². The molecule has 212 valence electrons. The molecule has 4 atom stereocenters. The second-order valence-corrected chi connectivity index (χ2v) is 11.0. The third-order valence-corrected chi connectivity index (χ3v) is 7.89. The lowest BCUT2D eigenvalue weighted by molar-refractivity contribution is -0.122. The smallest absolute Gasteiger partial charge is 0.241 e. The van der Waals surface area contributed by atoms with Gasteiger partial charge in [-0.15, -0.1) is 0 Å². The van der Waals surface area contributed by atoms with Gasteiger partial charge in [0.15, 0.2) is 0 Å². The van der Waals surface area contributed by atoms with Crippen LogP contribution in [0.4, 0.5) is 10.1 Å². The fourth-order valence-electron chi connectivity index (χ4n) is 5.76. The Bertz CT molecular complexity index is 1120. The summed E-state index contributed by atoms with van der Waals surface area (Å²) in [6, 6.07) is 9.04. The normalized spacial score (nSPS) is 26.2. The lowest BCUT2D eigenvalue weighted by Gasteiger charge is -2.44. The molecule has 2 aromatic rings. The number of pyridine rings is 1. The van der Waals surface area contributed by atoms with Crippen LogP contribution in [0.2, 0.25) is 0 Å². The van der Waals surface area contributed by atoms with Gasteiger partial charge in [0.25, 0.3) is 0 Å². The molecule has 0 spiro atoms. The summed E-state index contributed by atoms with van der Waals surface area (Å²) in [7, 11) is 1.64. The van der Waals surface area contributed by atoms with Crippen molar-refractivity contribution < 1.29 is 23.4 Å². The number of methoxy groups -OCH3 is 1. The van der Waals surface area contributed by atoms with Crippen LogP contribution in [0.15, 0.2) is 36.5 Å². The molecule has 9 nitrogen and oxygen atoms in total. The van der Waals surface area contributed by atoms with Crippen LogP contribution < -0.4 is 15.0 Å². The number of nitrogens with zero attached hydrogens (tertiary/aromatic N) is 4. The van der Waals surface area contributed by atoms with Crippen LogP contribution in [0.1, 0.15) is 25.0 Å². The number of rotatable bonds is 8. The highest BCUT2D eigenvalue weighted by Crippen LogP contribution is 2.34. The van der Waals surface area contributed by atoms with Gasteiger partial charge >= 0.3 is 0 Å². The zero-order valence-corrected chi connectivity index (χ0v) is 23.1. The van der Waals surface area contributed by atoms with Crippen LogP contribution in [0.5, 0.6) is 5.88 Å². The van der Waals surface area contributed by atoms with Gasteiger partial charge in [-0.05, 0) is 49.6 Å². The average molecular weight is 542 g/mol. The molecule has 3 aliphatic rings. The molecule has 2 unspecified atom stereocenters. The summed E-state index contributed by atoms with van der Waals surface area (Å²) in [5, 5.41) is 3.60. The zero-order valence-electron chi connectivity index (χ0n) is 23.1. The number of amides is 1. The summed E-state index contributed by atoms with van der Waals surface area (Å²) in [6.07, 6.45) is 2.34. The highest BCUT2D eigenvalue weighted by molar-refractivity contribution is 5.97. The van der Waals surface area contributed by atoms with Gasteiger partial charge in [-0.1, -0.05) is 12.1 Å². The third-order valence-electron chi connectivity index (χ3n) is 7.89. The summed E-state index contributed by atoms with van der Waals surface area (Å²) >= 11 is 0. The zero-order chi connectivity index (χ0) is 27.4. The summed E-state index contributed by atoms with van der Waals surface area (Å²) < 4.78 is 30.5. The third kappa shape index (κ3) is 6.75. The highest BCUT2D eigenvalue weighted by atomic mass is 19.1. The van der Waals surface area contributed by atoms with E-state index in [0.717, 1.165) is 50.5 Å². The number of benzene rings is 1. The molecule has 2 saturated heterocycles. The minimum absolute atomic E-state index is 0.0106. The van der Waals surface area contributed by atoms with E-state index in [4.69, 9.17) is 14.2 Å². The van der Waals surface area contributed by atoms with E-state index in [2.05, 4.69) is 33.9 Å². The molecule has 10 heteroatoms. The Morgan fingerprint density at radius 3 is 2.74 bits per heavy atom. The fourth-order valence-corrected chi connectivity index (χ4v) is 5.76. The number of piperazine rings is 1. The van der Waals surface area contributed by atoms with Gasteiger partial charge in [-0.25, -0.2) is 9.37 Å². The minimum atomic E-state index is -0.265. The molecule has 1 aromatic carbocycles. The quantitative estimate of drug-likeness (QED) is 0.544. The number of hydrogen-bond acceptors (Lipinski definition) is 8. The molecule has 1 amide bonds. The largest absolute Gasteiger partial charge is 0.474 e. The van der Waals surface area contributed by atoms with E-state index < -0.39 is 0 Å². The number of morpholine rings is 1. The standard InChI is InChI=1S/C29H40FN5O4/c1-20-14-34(25(13-31-20)15-33-8-9-38-17-21(33)2)16-28(36)35-26(18-37-3)19-39-29-27(35)11-23(12-32-29)10-22-4-6-24(30)7-5-22/h4-7,11-12,20-21,25-26,31H,8-10,13-19H2,1-3H3/t20-,21?,25-,26?/m1/s1. The molecule has 2 fully saturated rings. The van der Waals surface area contributed by atoms with E-state index in [9.17, 15) is 9.18 Å². The number of anilines is 1. The Labute approximate surface area is 230 Å². The highest BCUT2D eigenvalue weighted by Gasteiger charge is 2.37. The Morgan fingerprint density at radius 2 is 1.97 bits per heavy atom. The van der Waals surface area contributed by atoms with E-state index in [1.165, 1.54) is 12.1 Å². The maximum atomic E-state index is 14.1. The van der Waals surface area contributed by atoms with Crippen molar-refractivity contribution in [1.29, 1.82) is 0 Å². The number of aromatic nitrogens is 1. The van der Waals surface area contributed by atoms with E-state index in [-0.39, 0.29) is 23.8 Å². The average Bonchev–Trinajstić information content (AvgIpc) is 2.92. The number of carbonyl (C=O) groups excluding carboxylic acids is 1. The van der Waals surface area contributed by atoms with E-state index >= 15 is 0 Å². The van der Waals surface area contributed by atoms with Crippen LogP contribution in [-0.4, -0.2) is 111 Å². The Hall–Kier alpha value is -2.63. The number of nitrogens with one attached hydrogen (secondary N) is 1. The molecule has 5 rings (SSSR count). The first-order valence-electron chi connectivity index (χ1n) is 13.9. The van der Waals surface area contributed by atoms with Crippen molar-refractivity contribution in [2.45, 2.75) is 44.4 Å². The first-order valence-corrected chi connectivity index (χ1v) is 13.9. The lowest BCUT2D eigenvalue weighted by Crippen LogP contribution is -2.63. The molecule has 1 N–H and O–H groups in total. The fraction of sp³-hybridized carbons (Fsp3) is 0.586. The maximum absolute atomic E-state index is 14.1. The predicted octanol–water partition coefficient (Wildman–Crippen LogP) is 1.93. The molecule has 0 radical (unpaired) electrons. The van der Waals surface area contributed by atoms with Crippen LogP contribution in [0.3, 0.4) is 0 Å². The van der Waals surface area contributed by atoms with Crippen molar-refractivity contribution in [2.24, 2.45) is 0 Å². The molecule has 1 aromatic heterocycles. The second-order valence-electron chi connectivity index (χ2n) is 11.0. The van der Waals surface area contributed by atoms with Crippen LogP contribution in [-0.2, 0) is 20.7 Å². The van der Waals surface area contributed by atoms with Crippen molar-refractivity contribution in [1.82, 2.24) is 20.1 Å². The lowest BCUT2D eigenvalue weighted by atomic mass is 10.0. The van der Waals surface area contributed by atoms with Gasteiger partial charge in [0.05, 0.1) is 32.4 Å². The number of hydrogen-bond donors (Lipinski definition) is 1. The van der Waals surface area contributed by atoms with E-state index in [1.807, 2.05) is 11.0 Å². The van der Waals surface area contributed by atoms with Gasteiger partial charge < -0.3 is 19.5 Å². The number of ether oxygens (including phenoxy) is 3. The van der Waals surface area contributed by atoms with Crippen molar-refractivity contribution in [3.63, 3.8) is 0 Å². The molecular formula is C29H40FN5O4. The van der Waals surface area contributed by atoms with Crippen LogP contribution >= 0.6 is 0 Å². The topological polar surface area (TPSA) is 79.4 Å². The number of carbonyl (C=O) groups is 1. The molecule has 0 bridgehead atoms. The maximum Gasteiger partial charge on any atom is 0.241 e. The molecule has 0 saturated carbocycles. The molecule has 0 aliphatic carbocycles. The Kier molecular flexibility index (Phi) is 9.09.